The zero-order valence-electron chi connectivity index (χ0n) is 13.3. The number of ether oxygens (including phenoxy) is 3. The van der Waals surface area contributed by atoms with E-state index in [-0.39, 0.29) is 18.9 Å². The van der Waals surface area contributed by atoms with Gasteiger partial charge in [-0.2, -0.15) is 0 Å². The molecule has 0 atom stereocenters. The maximum atomic E-state index is 13.4. The number of benzene rings is 2. The maximum Gasteiger partial charge on any atom is 0.258 e. The number of nitrogens with one attached hydrogen (secondary N) is 1. The highest BCUT2D eigenvalue weighted by molar-refractivity contribution is 5.77. The van der Waals surface area contributed by atoms with Crippen LogP contribution in [0.1, 0.15) is 5.56 Å². The number of amides is 1. The summed E-state index contributed by atoms with van der Waals surface area (Å²) in [6.45, 7) is -0.135. The van der Waals surface area contributed by atoms with Crippen LogP contribution in [0.3, 0.4) is 0 Å². The fourth-order valence-electron chi connectivity index (χ4n) is 1.98. The van der Waals surface area contributed by atoms with E-state index < -0.39 is 17.5 Å². The maximum absolute atomic E-state index is 13.4. The van der Waals surface area contributed by atoms with E-state index in [4.69, 9.17) is 14.2 Å². The van der Waals surface area contributed by atoms with Gasteiger partial charge in [-0.3, -0.25) is 4.79 Å². The summed E-state index contributed by atoms with van der Waals surface area (Å²) in [5.41, 5.74) is 0.800. The molecule has 0 aromatic heterocycles. The van der Waals surface area contributed by atoms with E-state index in [2.05, 4.69) is 5.32 Å². The predicted octanol–water partition coefficient (Wildman–Crippen LogP) is 2.68. The Morgan fingerprint density at radius 2 is 1.71 bits per heavy atom. The molecule has 0 heterocycles. The third-order valence-corrected chi connectivity index (χ3v) is 3.19. The van der Waals surface area contributed by atoms with Crippen molar-refractivity contribution in [2.45, 2.75) is 6.54 Å². The molecule has 1 amide bonds. The largest absolute Gasteiger partial charge is 0.493 e. The fraction of sp³-hybridized carbons (Fsp3) is 0.235. The highest BCUT2D eigenvalue weighted by Crippen LogP contribution is 2.27. The summed E-state index contributed by atoms with van der Waals surface area (Å²) >= 11 is 0. The molecule has 0 unspecified atom stereocenters. The van der Waals surface area contributed by atoms with E-state index >= 15 is 0 Å². The Morgan fingerprint density at radius 3 is 2.38 bits per heavy atom. The van der Waals surface area contributed by atoms with Crippen LogP contribution in [0.15, 0.2) is 36.4 Å². The lowest BCUT2D eigenvalue weighted by atomic mass is 10.2. The van der Waals surface area contributed by atoms with Crippen molar-refractivity contribution in [2.24, 2.45) is 0 Å². The van der Waals surface area contributed by atoms with Crippen LogP contribution in [-0.2, 0) is 11.3 Å². The summed E-state index contributed by atoms with van der Waals surface area (Å²) in [6, 6.07) is 8.12. The zero-order valence-corrected chi connectivity index (χ0v) is 13.3. The van der Waals surface area contributed by atoms with Gasteiger partial charge in [0.1, 0.15) is 5.82 Å². The smallest absolute Gasteiger partial charge is 0.258 e. The van der Waals surface area contributed by atoms with Gasteiger partial charge in [0.15, 0.2) is 29.7 Å². The first-order chi connectivity index (χ1) is 11.5. The molecule has 2 rings (SSSR count). The number of carbonyl (C=O) groups is 1. The van der Waals surface area contributed by atoms with E-state index in [1.54, 1.807) is 18.2 Å². The molecule has 0 aliphatic heterocycles. The van der Waals surface area contributed by atoms with Crippen molar-refractivity contribution in [3.8, 4) is 17.2 Å². The van der Waals surface area contributed by atoms with Gasteiger partial charge in [-0.25, -0.2) is 8.78 Å². The Kier molecular flexibility index (Phi) is 5.95. The molecule has 2 aromatic rings. The first-order valence-electron chi connectivity index (χ1n) is 7.09. The summed E-state index contributed by atoms with van der Waals surface area (Å²) < 4.78 is 41.5. The summed E-state index contributed by atoms with van der Waals surface area (Å²) in [7, 11) is 3.05. The quantitative estimate of drug-likeness (QED) is 0.844. The van der Waals surface area contributed by atoms with Gasteiger partial charge < -0.3 is 19.5 Å². The Labute approximate surface area is 138 Å². The van der Waals surface area contributed by atoms with Crippen molar-refractivity contribution in [2.75, 3.05) is 20.8 Å². The standard InChI is InChI=1S/C17H17F2NO4/c1-22-15-5-3-11(7-16(15)23-2)9-20-17(21)10-24-14-6-4-12(18)8-13(14)19/h3-8H,9-10H2,1-2H3,(H,20,21). The minimum atomic E-state index is -0.859. The lowest BCUT2D eigenvalue weighted by Crippen LogP contribution is -2.28. The second kappa shape index (κ2) is 8.14. The van der Waals surface area contributed by atoms with Crippen LogP contribution >= 0.6 is 0 Å². The minimum Gasteiger partial charge on any atom is -0.493 e. The first kappa shape index (κ1) is 17.5. The normalized spacial score (nSPS) is 10.2. The van der Waals surface area contributed by atoms with Crippen LogP contribution in [0.2, 0.25) is 0 Å². The summed E-state index contributed by atoms with van der Waals surface area (Å²) in [6.07, 6.45) is 0. The second-order valence-electron chi connectivity index (χ2n) is 4.83. The van der Waals surface area contributed by atoms with E-state index in [1.807, 2.05) is 0 Å². The van der Waals surface area contributed by atoms with Gasteiger partial charge in [-0.1, -0.05) is 6.07 Å². The third-order valence-electron chi connectivity index (χ3n) is 3.19. The van der Waals surface area contributed by atoms with E-state index in [0.717, 1.165) is 17.7 Å². The van der Waals surface area contributed by atoms with Crippen LogP contribution in [0, 0.1) is 11.6 Å². The average Bonchev–Trinajstić information content (AvgIpc) is 2.58. The molecule has 2 aromatic carbocycles. The molecular formula is C17H17F2NO4. The number of methoxy groups -OCH3 is 2. The number of hydrogen-bond donors (Lipinski definition) is 1. The molecule has 0 saturated heterocycles. The lowest BCUT2D eigenvalue weighted by Gasteiger charge is -2.11. The number of halogens is 2. The van der Waals surface area contributed by atoms with Crippen LogP contribution in [0.4, 0.5) is 8.78 Å². The molecule has 24 heavy (non-hydrogen) atoms. The SMILES string of the molecule is COc1ccc(CNC(=O)COc2ccc(F)cc2F)cc1OC. The van der Waals surface area contributed by atoms with Crippen molar-refractivity contribution in [3.05, 3.63) is 53.6 Å². The van der Waals surface area contributed by atoms with Gasteiger partial charge in [0.05, 0.1) is 14.2 Å². The Hall–Kier alpha value is -2.83. The lowest BCUT2D eigenvalue weighted by molar-refractivity contribution is -0.123. The fourth-order valence-corrected chi connectivity index (χ4v) is 1.98. The van der Waals surface area contributed by atoms with Gasteiger partial charge in [-0.05, 0) is 29.8 Å². The molecule has 0 aliphatic rings. The first-order valence-corrected chi connectivity index (χ1v) is 7.09. The average molecular weight is 337 g/mol. The van der Waals surface area contributed by atoms with Crippen LogP contribution in [0.5, 0.6) is 17.2 Å². The highest BCUT2D eigenvalue weighted by atomic mass is 19.1. The third kappa shape index (κ3) is 4.58. The van der Waals surface area contributed by atoms with Crippen LogP contribution in [-0.4, -0.2) is 26.7 Å². The number of carbonyl (C=O) groups excluding carboxylic acids is 1. The monoisotopic (exact) mass is 337 g/mol. The van der Waals surface area contributed by atoms with Crippen molar-refractivity contribution >= 4 is 5.91 Å². The summed E-state index contributed by atoms with van der Waals surface area (Å²) in [5.74, 6) is -1.05. The van der Waals surface area contributed by atoms with Crippen molar-refractivity contribution in [1.82, 2.24) is 5.32 Å². The highest BCUT2D eigenvalue weighted by Gasteiger charge is 2.09. The molecule has 0 bridgehead atoms. The minimum absolute atomic E-state index is 0.183. The van der Waals surface area contributed by atoms with Crippen LogP contribution < -0.4 is 19.5 Å². The Bertz CT molecular complexity index is 722. The Morgan fingerprint density at radius 1 is 1.00 bits per heavy atom. The van der Waals surface area contributed by atoms with E-state index in [1.165, 1.54) is 14.2 Å². The number of hydrogen-bond acceptors (Lipinski definition) is 4. The van der Waals surface area contributed by atoms with Gasteiger partial charge >= 0.3 is 0 Å². The predicted molar refractivity (Wildman–Crippen MR) is 83.2 cm³/mol. The molecule has 0 saturated carbocycles. The van der Waals surface area contributed by atoms with Crippen molar-refractivity contribution < 1.29 is 27.8 Å². The Balaban J connectivity index is 1.87. The molecular weight excluding hydrogens is 320 g/mol. The second-order valence-corrected chi connectivity index (χ2v) is 4.83. The molecule has 128 valence electrons. The molecule has 0 aliphatic carbocycles. The van der Waals surface area contributed by atoms with Gasteiger partial charge in [0, 0.05) is 12.6 Å². The topological polar surface area (TPSA) is 56.8 Å². The molecule has 5 nitrogen and oxygen atoms in total. The molecule has 0 spiro atoms. The van der Waals surface area contributed by atoms with Crippen LogP contribution in [0.25, 0.3) is 0 Å². The summed E-state index contributed by atoms with van der Waals surface area (Å²) in [4.78, 5) is 11.8. The zero-order chi connectivity index (χ0) is 17.5. The van der Waals surface area contributed by atoms with E-state index in [9.17, 15) is 13.6 Å². The van der Waals surface area contributed by atoms with Crippen molar-refractivity contribution in [3.63, 3.8) is 0 Å². The molecule has 7 heteroatoms. The van der Waals surface area contributed by atoms with Gasteiger partial charge in [0.25, 0.3) is 5.91 Å². The van der Waals surface area contributed by atoms with Gasteiger partial charge in [0.2, 0.25) is 0 Å². The van der Waals surface area contributed by atoms with Crippen molar-refractivity contribution in [1.29, 1.82) is 0 Å². The molecule has 0 radical (unpaired) electrons. The molecule has 1 N–H and O–H groups in total. The summed E-state index contributed by atoms with van der Waals surface area (Å²) in [5, 5.41) is 2.63. The molecule has 0 fully saturated rings. The van der Waals surface area contributed by atoms with E-state index in [0.29, 0.717) is 17.6 Å². The van der Waals surface area contributed by atoms with Gasteiger partial charge in [-0.15, -0.1) is 0 Å². The number of rotatable bonds is 7.